The minimum Gasteiger partial charge on any atom is -0.478 e. The highest BCUT2D eigenvalue weighted by Crippen LogP contribution is 2.28. The highest BCUT2D eigenvalue weighted by Gasteiger charge is 2.23. The highest BCUT2D eigenvalue weighted by molar-refractivity contribution is 5.94. The van der Waals surface area contributed by atoms with Crippen molar-refractivity contribution in [1.29, 1.82) is 0 Å². The summed E-state index contributed by atoms with van der Waals surface area (Å²) in [5.74, 6) is 0.194. The van der Waals surface area contributed by atoms with E-state index in [1.165, 1.54) is 6.20 Å². The molecule has 1 aliphatic rings. The van der Waals surface area contributed by atoms with Crippen molar-refractivity contribution in [3.63, 3.8) is 0 Å². The lowest BCUT2D eigenvalue weighted by Crippen LogP contribution is -2.09. The first-order chi connectivity index (χ1) is 11.7. The fraction of sp³-hybridized carbons (Fsp3) is 0.176. The lowest BCUT2D eigenvalue weighted by Gasteiger charge is -2.11. The Morgan fingerprint density at radius 2 is 2.04 bits per heavy atom. The van der Waals surface area contributed by atoms with Gasteiger partial charge in [0.05, 0.1) is 11.2 Å². The lowest BCUT2D eigenvalue weighted by molar-refractivity contribution is 0.0697. The number of carboxylic acid groups (broad SMARTS) is 1. The number of nitrogens with zero attached hydrogens (tertiary/aromatic N) is 3. The Morgan fingerprint density at radius 3 is 2.83 bits per heavy atom. The van der Waals surface area contributed by atoms with Crippen LogP contribution in [0.3, 0.4) is 0 Å². The van der Waals surface area contributed by atoms with Gasteiger partial charge in [0.25, 0.3) is 0 Å². The van der Waals surface area contributed by atoms with Crippen molar-refractivity contribution in [2.45, 2.75) is 18.9 Å². The van der Waals surface area contributed by atoms with Gasteiger partial charge >= 0.3 is 5.97 Å². The molecule has 0 aromatic carbocycles. The number of pyridine rings is 3. The summed E-state index contributed by atoms with van der Waals surface area (Å²) in [5, 5.41) is 16.6. The number of nitrogens with one attached hydrogen (secondary N) is 2. The summed E-state index contributed by atoms with van der Waals surface area (Å²) in [5.41, 5.74) is 1.57. The molecule has 1 aliphatic carbocycles. The number of anilines is 3. The molecule has 7 heteroatoms. The minimum absolute atomic E-state index is 0.171. The third-order valence-corrected chi connectivity index (χ3v) is 3.82. The first-order valence-corrected chi connectivity index (χ1v) is 7.67. The Hall–Kier alpha value is -3.22. The molecule has 0 unspecified atom stereocenters. The van der Waals surface area contributed by atoms with Gasteiger partial charge in [-0.3, -0.25) is 4.98 Å². The Bertz CT molecular complexity index is 924. The molecule has 0 aliphatic heterocycles. The molecule has 0 saturated heterocycles. The van der Waals surface area contributed by atoms with Crippen molar-refractivity contribution in [2.75, 3.05) is 10.6 Å². The number of rotatable bonds is 5. The Morgan fingerprint density at radius 1 is 1.17 bits per heavy atom. The summed E-state index contributed by atoms with van der Waals surface area (Å²) in [6, 6.07) is 7.66. The van der Waals surface area contributed by atoms with Gasteiger partial charge in [-0.2, -0.15) is 0 Å². The molecule has 0 radical (unpaired) electrons. The van der Waals surface area contributed by atoms with Crippen LogP contribution in [0.4, 0.5) is 17.3 Å². The van der Waals surface area contributed by atoms with Crippen LogP contribution in [0.2, 0.25) is 0 Å². The van der Waals surface area contributed by atoms with Gasteiger partial charge in [-0.1, -0.05) is 0 Å². The van der Waals surface area contributed by atoms with Crippen LogP contribution in [-0.2, 0) is 0 Å². The second kappa shape index (κ2) is 5.77. The Kier molecular flexibility index (Phi) is 3.45. The van der Waals surface area contributed by atoms with E-state index >= 15 is 0 Å². The standard InChI is InChI=1S/C17H15N5O2/c23-17(24)12-9-19-16(7-14(12)20-11-2-3-11)22-15-4-1-10-8-18-6-5-13(10)21-15/h1,4-9,11H,2-3H2,(H,23,24)(H2,19,20,21,22). The average Bonchev–Trinajstić information content (AvgIpc) is 3.39. The van der Waals surface area contributed by atoms with Gasteiger partial charge in [0.1, 0.15) is 17.2 Å². The maximum atomic E-state index is 11.3. The lowest BCUT2D eigenvalue weighted by atomic mass is 10.2. The van der Waals surface area contributed by atoms with Gasteiger partial charge < -0.3 is 15.7 Å². The van der Waals surface area contributed by atoms with Crippen LogP contribution in [0.15, 0.2) is 42.9 Å². The van der Waals surface area contributed by atoms with Crippen molar-refractivity contribution < 1.29 is 9.90 Å². The fourth-order valence-electron chi connectivity index (χ4n) is 2.43. The molecule has 4 rings (SSSR count). The first-order valence-electron chi connectivity index (χ1n) is 7.67. The monoisotopic (exact) mass is 321 g/mol. The van der Waals surface area contributed by atoms with Crippen LogP contribution in [0, 0.1) is 0 Å². The van der Waals surface area contributed by atoms with Crippen molar-refractivity contribution >= 4 is 34.2 Å². The van der Waals surface area contributed by atoms with Crippen molar-refractivity contribution in [2.24, 2.45) is 0 Å². The predicted molar refractivity (Wildman–Crippen MR) is 90.7 cm³/mol. The summed E-state index contributed by atoms with van der Waals surface area (Å²) >= 11 is 0. The SMILES string of the molecule is O=C(O)c1cnc(Nc2ccc3cnccc3n2)cc1NC1CC1. The van der Waals surface area contributed by atoms with E-state index < -0.39 is 5.97 Å². The van der Waals surface area contributed by atoms with E-state index in [2.05, 4.69) is 25.6 Å². The van der Waals surface area contributed by atoms with Crippen LogP contribution in [-0.4, -0.2) is 32.1 Å². The summed E-state index contributed by atoms with van der Waals surface area (Å²) in [4.78, 5) is 24.1. The number of fused-ring (bicyclic) bond motifs is 1. The maximum Gasteiger partial charge on any atom is 0.339 e. The maximum absolute atomic E-state index is 11.3. The molecule has 3 aromatic rings. The van der Waals surface area contributed by atoms with Crippen LogP contribution in [0.25, 0.3) is 10.9 Å². The number of aromatic nitrogens is 3. The summed E-state index contributed by atoms with van der Waals surface area (Å²) in [6.45, 7) is 0. The molecule has 0 amide bonds. The molecule has 1 saturated carbocycles. The van der Waals surface area contributed by atoms with Gasteiger partial charge in [-0.15, -0.1) is 0 Å². The highest BCUT2D eigenvalue weighted by atomic mass is 16.4. The normalized spacial score (nSPS) is 13.7. The molecule has 0 spiro atoms. The topological polar surface area (TPSA) is 100 Å². The van der Waals surface area contributed by atoms with Gasteiger partial charge in [-0.05, 0) is 31.0 Å². The zero-order valence-corrected chi connectivity index (χ0v) is 12.7. The molecule has 3 N–H and O–H groups in total. The van der Waals surface area contributed by atoms with Gasteiger partial charge in [0, 0.05) is 36.1 Å². The third kappa shape index (κ3) is 2.96. The molecule has 7 nitrogen and oxygen atoms in total. The second-order valence-corrected chi connectivity index (χ2v) is 5.73. The van der Waals surface area contributed by atoms with Crippen molar-refractivity contribution in [3.8, 4) is 0 Å². The van der Waals surface area contributed by atoms with Crippen LogP contribution >= 0.6 is 0 Å². The fourth-order valence-corrected chi connectivity index (χ4v) is 2.43. The number of carboxylic acids is 1. The van der Waals surface area contributed by atoms with Gasteiger partial charge in [-0.25, -0.2) is 14.8 Å². The molecular weight excluding hydrogens is 306 g/mol. The predicted octanol–water partition coefficient (Wildman–Crippen LogP) is 3.04. The van der Waals surface area contributed by atoms with E-state index in [0.29, 0.717) is 23.4 Å². The number of carbonyl (C=O) groups is 1. The van der Waals surface area contributed by atoms with Crippen LogP contribution in [0.5, 0.6) is 0 Å². The largest absolute Gasteiger partial charge is 0.478 e. The first kappa shape index (κ1) is 14.4. The van der Waals surface area contributed by atoms with E-state index in [9.17, 15) is 9.90 Å². The zero-order chi connectivity index (χ0) is 16.5. The van der Waals surface area contributed by atoms with Gasteiger partial charge in [0.2, 0.25) is 0 Å². The number of aromatic carboxylic acids is 1. The van der Waals surface area contributed by atoms with Crippen LogP contribution in [0.1, 0.15) is 23.2 Å². The zero-order valence-electron chi connectivity index (χ0n) is 12.7. The average molecular weight is 321 g/mol. The van der Waals surface area contributed by atoms with Crippen molar-refractivity contribution in [3.05, 3.63) is 48.4 Å². The van der Waals surface area contributed by atoms with E-state index in [0.717, 1.165) is 23.7 Å². The molecule has 3 aromatic heterocycles. The van der Waals surface area contributed by atoms with E-state index in [4.69, 9.17) is 0 Å². The molecule has 3 heterocycles. The van der Waals surface area contributed by atoms with Crippen molar-refractivity contribution in [1.82, 2.24) is 15.0 Å². The summed E-state index contributed by atoms with van der Waals surface area (Å²) < 4.78 is 0. The molecular formula is C17H15N5O2. The molecule has 1 fully saturated rings. The Balaban J connectivity index is 1.63. The van der Waals surface area contributed by atoms with Gasteiger partial charge in [0.15, 0.2) is 0 Å². The summed E-state index contributed by atoms with van der Waals surface area (Å²) in [6.07, 6.45) is 6.93. The minimum atomic E-state index is -0.992. The van der Waals surface area contributed by atoms with E-state index in [1.54, 1.807) is 18.5 Å². The number of hydrogen-bond acceptors (Lipinski definition) is 6. The van der Waals surface area contributed by atoms with Crippen LogP contribution < -0.4 is 10.6 Å². The second-order valence-electron chi connectivity index (χ2n) is 5.73. The Labute approximate surface area is 137 Å². The molecule has 0 bridgehead atoms. The van der Waals surface area contributed by atoms with E-state index in [1.807, 2.05) is 18.2 Å². The summed E-state index contributed by atoms with van der Waals surface area (Å²) in [7, 11) is 0. The van der Waals surface area contributed by atoms with E-state index in [-0.39, 0.29) is 5.56 Å². The smallest absolute Gasteiger partial charge is 0.339 e. The third-order valence-electron chi connectivity index (χ3n) is 3.82. The molecule has 120 valence electrons. The molecule has 24 heavy (non-hydrogen) atoms. The molecule has 0 atom stereocenters. The number of hydrogen-bond donors (Lipinski definition) is 3. The quantitative estimate of drug-likeness (QED) is 0.664.